The fraction of sp³-hybridized carbons (Fsp3) is 0.231. The Morgan fingerprint density at radius 3 is 2.63 bits per heavy atom. The lowest BCUT2D eigenvalue weighted by atomic mass is 10.2. The SMILES string of the molecule is O=C(OCc1ccccc1)N1CCCN(c2nc3ccccc3c3nnc(-c4cccs4)n23)CC1. The normalized spacial score (nSPS) is 14.4. The summed E-state index contributed by atoms with van der Waals surface area (Å²) in [5.41, 5.74) is 2.65. The summed E-state index contributed by atoms with van der Waals surface area (Å²) in [7, 11) is 0. The van der Waals surface area contributed by atoms with Gasteiger partial charge in [-0.25, -0.2) is 14.2 Å². The van der Waals surface area contributed by atoms with Gasteiger partial charge in [0.25, 0.3) is 0 Å². The summed E-state index contributed by atoms with van der Waals surface area (Å²) in [4.78, 5) is 22.9. The third-order valence-corrected chi connectivity index (χ3v) is 7.08. The first kappa shape index (κ1) is 21.5. The predicted octanol–water partition coefficient (Wildman–Crippen LogP) is 4.85. The number of anilines is 1. The van der Waals surface area contributed by atoms with Crippen LogP contribution >= 0.6 is 11.3 Å². The highest BCUT2D eigenvalue weighted by molar-refractivity contribution is 7.13. The molecule has 6 rings (SSSR count). The molecule has 1 aliphatic rings. The molecular formula is C26H24N6O2S. The maximum Gasteiger partial charge on any atom is 0.410 e. The van der Waals surface area contributed by atoms with Gasteiger partial charge in [-0.05, 0) is 35.6 Å². The van der Waals surface area contributed by atoms with E-state index in [1.54, 1.807) is 16.2 Å². The zero-order valence-corrected chi connectivity index (χ0v) is 19.9. The summed E-state index contributed by atoms with van der Waals surface area (Å²) in [6, 6.07) is 21.8. The molecule has 4 heterocycles. The maximum absolute atomic E-state index is 12.8. The van der Waals surface area contributed by atoms with Crippen molar-refractivity contribution in [2.45, 2.75) is 13.0 Å². The Balaban J connectivity index is 1.29. The van der Waals surface area contributed by atoms with Crippen LogP contribution in [0.2, 0.25) is 0 Å². The highest BCUT2D eigenvalue weighted by atomic mass is 32.1. The van der Waals surface area contributed by atoms with Gasteiger partial charge in [0.05, 0.1) is 10.4 Å². The van der Waals surface area contributed by atoms with Crippen LogP contribution in [-0.4, -0.2) is 56.8 Å². The lowest BCUT2D eigenvalue weighted by Gasteiger charge is -2.24. The number of fused-ring (bicyclic) bond motifs is 3. The second-order valence-electron chi connectivity index (χ2n) is 8.46. The monoisotopic (exact) mass is 484 g/mol. The quantitative estimate of drug-likeness (QED) is 0.363. The molecule has 1 aliphatic heterocycles. The van der Waals surface area contributed by atoms with Gasteiger partial charge in [0.2, 0.25) is 5.95 Å². The number of carbonyl (C=O) groups is 1. The van der Waals surface area contributed by atoms with Crippen LogP contribution in [0, 0.1) is 0 Å². The molecule has 0 radical (unpaired) electrons. The predicted molar refractivity (Wildman–Crippen MR) is 137 cm³/mol. The standard InChI is InChI=1S/C26H24N6O2S/c33-26(34-18-19-8-2-1-3-9-19)31-14-7-13-30(15-16-31)25-27-21-11-5-4-10-20(21)23-28-29-24(32(23)25)22-12-6-17-35-22/h1-6,8-12,17H,7,13-16,18H2. The Morgan fingerprint density at radius 2 is 1.77 bits per heavy atom. The number of amides is 1. The molecule has 0 aliphatic carbocycles. The molecule has 1 saturated heterocycles. The Morgan fingerprint density at radius 1 is 0.914 bits per heavy atom. The van der Waals surface area contributed by atoms with Gasteiger partial charge in [0.1, 0.15) is 6.61 Å². The van der Waals surface area contributed by atoms with E-state index < -0.39 is 0 Å². The van der Waals surface area contributed by atoms with Crippen molar-refractivity contribution in [2.24, 2.45) is 0 Å². The minimum absolute atomic E-state index is 0.275. The molecule has 1 fully saturated rings. The first-order chi connectivity index (χ1) is 17.3. The summed E-state index contributed by atoms with van der Waals surface area (Å²) in [5, 5.41) is 12.1. The Kier molecular flexibility index (Phi) is 5.75. The van der Waals surface area contributed by atoms with E-state index in [4.69, 9.17) is 9.72 Å². The molecule has 3 aromatic heterocycles. The number of benzene rings is 2. The van der Waals surface area contributed by atoms with E-state index in [9.17, 15) is 4.79 Å². The maximum atomic E-state index is 12.8. The fourth-order valence-corrected chi connectivity index (χ4v) is 5.15. The molecule has 8 nitrogen and oxygen atoms in total. The molecule has 5 aromatic rings. The zero-order chi connectivity index (χ0) is 23.6. The number of para-hydroxylation sites is 1. The molecule has 2 aromatic carbocycles. The summed E-state index contributed by atoms with van der Waals surface area (Å²) in [6.45, 7) is 2.88. The van der Waals surface area contributed by atoms with Crippen molar-refractivity contribution in [1.29, 1.82) is 0 Å². The molecule has 0 saturated carbocycles. The number of nitrogens with zero attached hydrogens (tertiary/aromatic N) is 6. The minimum atomic E-state index is -0.282. The first-order valence-electron chi connectivity index (χ1n) is 11.7. The molecule has 0 bridgehead atoms. The average Bonchev–Trinajstić information content (AvgIpc) is 3.52. The van der Waals surface area contributed by atoms with E-state index in [2.05, 4.69) is 19.5 Å². The van der Waals surface area contributed by atoms with Crippen LogP contribution in [-0.2, 0) is 11.3 Å². The first-order valence-corrected chi connectivity index (χ1v) is 12.5. The van der Waals surface area contributed by atoms with Crippen LogP contribution in [0.4, 0.5) is 10.7 Å². The Bertz CT molecular complexity index is 1470. The van der Waals surface area contributed by atoms with Gasteiger partial charge >= 0.3 is 6.09 Å². The second kappa shape index (κ2) is 9.34. The largest absolute Gasteiger partial charge is 0.445 e. The topological polar surface area (TPSA) is 75.9 Å². The number of rotatable bonds is 4. The Labute approximate surface area is 206 Å². The van der Waals surface area contributed by atoms with Crippen LogP contribution in [0.3, 0.4) is 0 Å². The highest BCUT2D eigenvalue weighted by Gasteiger charge is 2.25. The van der Waals surface area contributed by atoms with Crippen LogP contribution in [0.5, 0.6) is 0 Å². The van der Waals surface area contributed by atoms with Gasteiger partial charge in [0, 0.05) is 31.6 Å². The number of aromatic nitrogens is 4. The highest BCUT2D eigenvalue weighted by Crippen LogP contribution is 2.30. The van der Waals surface area contributed by atoms with Gasteiger partial charge in [-0.15, -0.1) is 21.5 Å². The van der Waals surface area contributed by atoms with Gasteiger partial charge in [0.15, 0.2) is 11.5 Å². The van der Waals surface area contributed by atoms with E-state index in [0.29, 0.717) is 19.6 Å². The number of ether oxygens (including phenoxy) is 1. The lowest BCUT2D eigenvalue weighted by Crippen LogP contribution is -2.36. The zero-order valence-electron chi connectivity index (χ0n) is 19.1. The van der Waals surface area contributed by atoms with Crippen molar-refractivity contribution in [3.63, 3.8) is 0 Å². The molecule has 0 atom stereocenters. The smallest absolute Gasteiger partial charge is 0.410 e. The summed E-state index contributed by atoms with van der Waals surface area (Å²) in [6.07, 6.45) is 0.531. The fourth-order valence-electron chi connectivity index (χ4n) is 4.45. The van der Waals surface area contributed by atoms with Gasteiger partial charge in [-0.1, -0.05) is 48.5 Å². The van der Waals surface area contributed by atoms with Crippen molar-refractivity contribution in [3.8, 4) is 10.7 Å². The van der Waals surface area contributed by atoms with E-state index in [0.717, 1.165) is 51.7 Å². The molecular weight excluding hydrogens is 460 g/mol. The lowest BCUT2D eigenvalue weighted by molar-refractivity contribution is 0.0986. The molecule has 9 heteroatoms. The molecule has 35 heavy (non-hydrogen) atoms. The van der Waals surface area contributed by atoms with Crippen molar-refractivity contribution < 1.29 is 9.53 Å². The number of thiophene rings is 1. The second-order valence-corrected chi connectivity index (χ2v) is 9.40. The van der Waals surface area contributed by atoms with Crippen LogP contribution in [0.25, 0.3) is 27.3 Å². The van der Waals surface area contributed by atoms with Crippen molar-refractivity contribution in [2.75, 3.05) is 31.1 Å². The van der Waals surface area contributed by atoms with Crippen molar-refractivity contribution in [1.82, 2.24) is 24.5 Å². The number of carbonyl (C=O) groups excluding carboxylic acids is 1. The van der Waals surface area contributed by atoms with E-state index in [1.807, 2.05) is 72.1 Å². The third kappa shape index (κ3) is 4.19. The third-order valence-electron chi connectivity index (χ3n) is 6.21. The van der Waals surface area contributed by atoms with Gasteiger partial charge in [-0.3, -0.25) is 0 Å². The van der Waals surface area contributed by atoms with Crippen LogP contribution < -0.4 is 4.90 Å². The van der Waals surface area contributed by atoms with Crippen LogP contribution in [0.15, 0.2) is 72.1 Å². The van der Waals surface area contributed by atoms with Gasteiger partial charge in [-0.2, -0.15) is 0 Å². The van der Waals surface area contributed by atoms with Gasteiger partial charge < -0.3 is 14.5 Å². The molecule has 0 N–H and O–H groups in total. The summed E-state index contributed by atoms with van der Waals surface area (Å²) in [5.74, 6) is 1.58. The molecule has 0 unspecified atom stereocenters. The summed E-state index contributed by atoms with van der Waals surface area (Å²) >= 11 is 1.63. The van der Waals surface area contributed by atoms with Crippen LogP contribution in [0.1, 0.15) is 12.0 Å². The average molecular weight is 485 g/mol. The molecule has 1 amide bonds. The number of hydrogen-bond acceptors (Lipinski definition) is 7. The molecule has 0 spiro atoms. The van der Waals surface area contributed by atoms with Crippen molar-refractivity contribution >= 4 is 39.9 Å². The number of hydrogen-bond donors (Lipinski definition) is 0. The van der Waals surface area contributed by atoms with Crippen molar-refractivity contribution in [3.05, 3.63) is 77.7 Å². The van der Waals surface area contributed by atoms with E-state index >= 15 is 0 Å². The van der Waals surface area contributed by atoms with E-state index in [-0.39, 0.29) is 12.7 Å². The summed E-state index contributed by atoms with van der Waals surface area (Å²) < 4.78 is 7.63. The minimum Gasteiger partial charge on any atom is -0.445 e. The molecule has 176 valence electrons. The Hall–Kier alpha value is -3.98. The van der Waals surface area contributed by atoms with E-state index in [1.165, 1.54) is 0 Å².